The molecule has 2 amide bonds. The number of rotatable bonds is 26. The predicted molar refractivity (Wildman–Crippen MR) is 139 cm³/mol. The van der Waals surface area contributed by atoms with Gasteiger partial charge in [0.2, 0.25) is 11.8 Å². The van der Waals surface area contributed by atoms with Crippen LogP contribution >= 0.6 is 0 Å². The first-order valence-corrected chi connectivity index (χ1v) is 14.2. The van der Waals surface area contributed by atoms with Crippen LogP contribution in [-0.4, -0.2) is 18.4 Å². The molecule has 0 unspecified atom stereocenters. The van der Waals surface area contributed by atoms with Crippen molar-refractivity contribution in [1.82, 2.24) is 5.32 Å². The Kier molecular flexibility index (Phi) is 25.3. The number of hydrogen-bond donors (Lipinski definition) is 2. The Morgan fingerprint density at radius 2 is 0.844 bits per heavy atom. The van der Waals surface area contributed by atoms with Gasteiger partial charge < -0.3 is 11.1 Å². The van der Waals surface area contributed by atoms with Gasteiger partial charge in [-0.05, 0) is 19.3 Å². The van der Waals surface area contributed by atoms with Gasteiger partial charge in [-0.1, -0.05) is 129 Å². The third-order valence-corrected chi connectivity index (χ3v) is 6.43. The predicted octanol–water partition coefficient (Wildman–Crippen LogP) is 7.97. The fourth-order valence-electron chi connectivity index (χ4n) is 4.28. The van der Waals surface area contributed by atoms with E-state index in [0.717, 1.165) is 51.5 Å². The van der Waals surface area contributed by atoms with Crippen LogP contribution in [0.5, 0.6) is 0 Å². The SMILES string of the molecule is CCCCCCCCCCCCCCCCCCNC(=O)CCCCCCCCC(N)=O. The fourth-order valence-corrected chi connectivity index (χ4v) is 4.28. The first-order valence-electron chi connectivity index (χ1n) is 14.2. The molecule has 190 valence electrons. The van der Waals surface area contributed by atoms with E-state index in [2.05, 4.69) is 12.2 Å². The van der Waals surface area contributed by atoms with Crippen LogP contribution in [0.3, 0.4) is 0 Å². The molecule has 0 aliphatic rings. The summed E-state index contributed by atoms with van der Waals surface area (Å²) in [5.41, 5.74) is 5.13. The Hall–Kier alpha value is -1.06. The summed E-state index contributed by atoms with van der Waals surface area (Å²) in [7, 11) is 0. The van der Waals surface area contributed by atoms with Crippen molar-refractivity contribution in [3.05, 3.63) is 0 Å². The summed E-state index contributed by atoms with van der Waals surface area (Å²) in [6.45, 7) is 3.12. The van der Waals surface area contributed by atoms with Gasteiger partial charge in [0, 0.05) is 19.4 Å². The summed E-state index contributed by atoms with van der Waals surface area (Å²) in [6.07, 6.45) is 29.5. The van der Waals surface area contributed by atoms with Gasteiger partial charge in [-0.25, -0.2) is 0 Å². The lowest BCUT2D eigenvalue weighted by Gasteiger charge is -2.06. The van der Waals surface area contributed by atoms with Gasteiger partial charge >= 0.3 is 0 Å². The molecule has 0 aliphatic carbocycles. The normalized spacial score (nSPS) is 11.0. The maximum atomic E-state index is 11.9. The van der Waals surface area contributed by atoms with E-state index in [-0.39, 0.29) is 11.8 Å². The number of carbonyl (C=O) groups is 2. The van der Waals surface area contributed by atoms with E-state index in [9.17, 15) is 9.59 Å². The Morgan fingerprint density at radius 1 is 0.500 bits per heavy atom. The van der Waals surface area contributed by atoms with Crippen molar-refractivity contribution < 1.29 is 9.59 Å². The zero-order valence-electron chi connectivity index (χ0n) is 21.6. The van der Waals surface area contributed by atoms with Crippen LogP contribution in [0.15, 0.2) is 0 Å². The lowest BCUT2D eigenvalue weighted by molar-refractivity contribution is -0.121. The molecule has 0 radical (unpaired) electrons. The van der Waals surface area contributed by atoms with E-state index < -0.39 is 0 Å². The summed E-state index contributed by atoms with van der Waals surface area (Å²) < 4.78 is 0. The number of unbranched alkanes of at least 4 members (excludes halogenated alkanes) is 20. The second kappa shape index (κ2) is 26.2. The third-order valence-electron chi connectivity index (χ3n) is 6.43. The molecule has 0 aromatic carbocycles. The number of primary amides is 1. The van der Waals surface area contributed by atoms with E-state index in [1.807, 2.05) is 0 Å². The molecular formula is C28H56N2O2. The smallest absolute Gasteiger partial charge is 0.219 e. The van der Waals surface area contributed by atoms with Crippen molar-refractivity contribution in [3.63, 3.8) is 0 Å². The van der Waals surface area contributed by atoms with Gasteiger partial charge in [0.05, 0.1) is 0 Å². The molecule has 0 aliphatic heterocycles. The van der Waals surface area contributed by atoms with Crippen molar-refractivity contribution >= 4 is 11.8 Å². The Morgan fingerprint density at radius 3 is 1.25 bits per heavy atom. The zero-order chi connectivity index (χ0) is 23.5. The summed E-state index contributed by atoms with van der Waals surface area (Å²) in [5.74, 6) is 0.00528. The largest absolute Gasteiger partial charge is 0.370 e. The summed E-state index contributed by atoms with van der Waals surface area (Å²) in [4.78, 5) is 22.5. The maximum absolute atomic E-state index is 11.9. The van der Waals surface area contributed by atoms with Gasteiger partial charge in [-0.3, -0.25) is 9.59 Å². The zero-order valence-corrected chi connectivity index (χ0v) is 21.6. The highest BCUT2D eigenvalue weighted by molar-refractivity contribution is 5.75. The molecule has 0 spiro atoms. The molecule has 3 N–H and O–H groups in total. The molecule has 0 rings (SSSR count). The van der Waals surface area contributed by atoms with Crippen LogP contribution in [-0.2, 0) is 9.59 Å². The second-order valence-corrected chi connectivity index (χ2v) is 9.74. The van der Waals surface area contributed by atoms with Crippen LogP contribution in [0, 0.1) is 0 Å². The molecule has 4 heteroatoms. The molecule has 0 atom stereocenters. The van der Waals surface area contributed by atoms with E-state index in [1.54, 1.807) is 0 Å². The Bertz CT molecular complexity index is 412. The number of nitrogens with one attached hydrogen (secondary N) is 1. The van der Waals surface area contributed by atoms with Crippen molar-refractivity contribution in [2.45, 2.75) is 161 Å². The van der Waals surface area contributed by atoms with Gasteiger partial charge in [0.1, 0.15) is 0 Å². The average Bonchev–Trinajstić information content (AvgIpc) is 2.77. The molecule has 0 fully saturated rings. The van der Waals surface area contributed by atoms with Crippen LogP contribution in [0.25, 0.3) is 0 Å². The van der Waals surface area contributed by atoms with Crippen molar-refractivity contribution in [1.29, 1.82) is 0 Å². The molecule has 32 heavy (non-hydrogen) atoms. The highest BCUT2D eigenvalue weighted by Crippen LogP contribution is 2.13. The highest BCUT2D eigenvalue weighted by atomic mass is 16.1. The van der Waals surface area contributed by atoms with Crippen LogP contribution < -0.4 is 11.1 Å². The number of carbonyl (C=O) groups excluding carboxylic acids is 2. The summed E-state index contributed by atoms with van der Waals surface area (Å²) in [6, 6.07) is 0. The van der Waals surface area contributed by atoms with Crippen molar-refractivity contribution in [3.8, 4) is 0 Å². The molecule has 0 heterocycles. The van der Waals surface area contributed by atoms with Crippen LogP contribution in [0.2, 0.25) is 0 Å². The highest BCUT2D eigenvalue weighted by Gasteiger charge is 2.01. The summed E-state index contributed by atoms with van der Waals surface area (Å²) in [5, 5.41) is 3.07. The minimum Gasteiger partial charge on any atom is -0.370 e. The first kappa shape index (κ1) is 30.9. The van der Waals surface area contributed by atoms with Crippen molar-refractivity contribution in [2.24, 2.45) is 5.73 Å². The molecule has 0 bridgehead atoms. The standard InChI is InChI=1S/C28H56N2O2/c1-2-3-4-5-6-7-8-9-10-11-12-13-14-17-20-23-26-30-28(32)25-22-19-16-15-18-21-24-27(29)31/h2-26H2,1H3,(H2,29,31)(H,30,32). The molecule has 0 saturated carbocycles. The molecule has 4 nitrogen and oxygen atoms in total. The monoisotopic (exact) mass is 452 g/mol. The van der Waals surface area contributed by atoms with Gasteiger partial charge in [-0.2, -0.15) is 0 Å². The number of amides is 2. The van der Waals surface area contributed by atoms with Gasteiger partial charge in [-0.15, -0.1) is 0 Å². The molecular weight excluding hydrogens is 396 g/mol. The number of nitrogens with two attached hydrogens (primary N) is 1. The Labute approximate surface area is 200 Å². The minimum atomic E-state index is -0.203. The van der Waals surface area contributed by atoms with E-state index in [1.165, 1.54) is 96.3 Å². The molecule has 0 aromatic rings. The number of hydrogen-bond acceptors (Lipinski definition) is 2. The Balaban J connectivity index is 3.14. The summed E-state index contributed by atoms with van der Waals surface area (Å²) >= 11 is 0. The first-order chi connectivity index (χ1) is 15.7. The van der Waals surface area contributed by atoms with Crippen LogP contribution in [0.4, 0.5) is 0 Å². The lowest BCUT2D eigenvalue weighted by atomic mass is 10.0. The van der Waals surface area contributed by atoms with Crippen molar-refractivity contribution in [2.75, 3.05) is 6.54 Å². The lowest BCUT2D eigenvalue weighted by Crippen LogP contribution is -2.23. The maximum Gasteiger partial charge on any atom is 0.219 e. The fraction of sp³-hybridized carbons (Fsp3) is 0.929. The quantitative estimate of drug-likeness (QED) is 0.131. The van der Waals surface area contributed by atoms with Gasteiger partial charge in [0.15, 0.2) is 0 Å². The van der Waals surface area contributed by atoms with Gasteiger partial charge in [0.25, 0.3) is 0 Å². The van der Waals surface area contributed by atoms with E-state index >= 15 is 0 Å². The average molecular weight is 453 g/mol. The molecule has 0 saturated heterocycles. The second-order valence-electron chi connectivity index (χ2n) is 9.74. The van der Waals surface area contributed by atoms with Crippen LogP contribution in [0.1, 0.15) is 161 Å². The van der Waals surface area contributed by atoms with E-state index in [0.29, 0.717) is 12.8 Å². The third kappa shape index (κ3) is 27.0. The molecule has 0 aromatic heterocycles. The van der Waals surface area contributed by atoms with E-state index in [4.69, 9.17) is 5.73 Å². The topological polar surface area (TPSA) is 72.2 Å². The minimum absolute atomic E-state index is 0.203.